The van der Waals surface area contributed by atoms with Gasteiger partial charge in [-0.15, -0.1) is 0 Å². The Morgan fingerprint density at radius 2 is 1.94 bits per heavy atom. The van der Waals surface area contributed by atoms with E-state index in [1.54, 1.807) is 12.1 Å². The quantitative estimate of drug-likeness (QED) is 0.613. The fraction of sp³-hybridized carbons (Fsp3) is 0.273. The molecule has 0 saturated carbocycles. The van der Waals surface area contributed by atoms with Crippen LogP contribution in [-0.4, -0.2) is 13.1 Å². The van der Waals surface area contributed by atoms with E-state index in [0.29, 0.717) is 18.8 Å². The third-order valence-electron chi connectivity index (χ3n) is 2.19. The van der Waals surface area contributed by atoms with Crippen LogP contribution in [0.2, 0.25) is 0 Å². The zero-order valence-electron chi connectivity index (χ0n) is 8.93. The Morgan fingerprint density at radius 3 is 2.75 bits per heavy atom. The van der Waals surface area contributed by atoms with Crippen molar-refractivity contribution in [1.29, 1.82) is 0 Å². The molecule has 16 heavy (non-hydrogen) atoms. The van der Waals surface area contributed by atoms with Gasteiger partial charge in [-0.2, -0.15) is 0 Å². The molecule has 2 N–H and O–H groups in total. The van der Waals surface area contributed by atoms with Gasteiger partial charge in [-0.25, -0.2) is 14.7 Å². The predicted octanol–water partition coefficient (Wildman–Crippen LogP) is 2.31. The number of hydrogen-bond acceptors (Lipinski definition) is 2. The first-order chi connectivity index (χ1) is 7.79. The summed E-state index contributed by atoms with van der Waals surface area (Å²) in [5.41, 5.74) is 0. The maximum Gasteiger partial charge on any atom is 0.390 e. The molecule has 1 unspecified atom stereocenters. The van der Waals surface area contributed by atoms with Crippen LogP contribution in [0.15, 0.2) is 42.5 Å². The fourth-order valence-corrected chi connectivity index (χ4v) is 2.85. The first-order valence-electron chi connectivity index (χ1n) is 5.28. The minimum atomic E-state index is -2.96. The summed E-state index contributed by atoms with van der Waals surface area (Å²) in [6.07, 6.45) is 4.87. The van der Waals surface area contributed by atoms with Gasteiger partial charge in [-0.3, -0.25) is 0 Å². The second-order valence-corrected chi connectivity index (χ2v) is 5.40. The van der Waals surface area contributed by atoms with Crippen molar-refractivity contribution in [1.82, 2.24) is 10.2 Å². The van der Waals surface area contributed by atoms with Gasteiger partial charge in [0.05, 0.1) is 0 Å². The molecule has 0 radical (unpaired) electrons. The molecule has 0 bridgehead atoms. The van der Waals surface area contributed by atoms with Crippen molar-refractivity contribution in [2.45, 2.75) is 6.42 Å². The van der Waals surface area contributed by atoms with E-state index in [1.807, 2.05) is 30.4 Å². The highest BCUT2D eigenvalue weighted by Gasteiger charge is 2.23. The minimum absolute atomic E-state index is 0.553. The molecule has 0 amide bonds. The van der Waals surface area contributed by atoms with Gasteiger partial charge in [-0.1, -0.05) is 30.4 Å². The van der Waals surface area contributed by atoms with Gasteiger partial charge < -0.3 is 4.52 Å². The van der Waals surface area contributed by atoms with Crippen LogP contribution in [0.5, 0.6) is 5.75 Å². The van der Waals surface area contributed by atoms with E-state index >= 15 is 0 Å². The molecule has 0 saturated heterocycles. The van der Waals surface area contributed by atoms with Crippen molar-refractivity contribution in [2.24, 2.45) is 0 Å². The molecule has 1 atom stereocenters. The van der Waals surface area contributed by atoms with Crippen molar-refractivity contribution >= 4 is 7.67 Å². The van der Waals surface area contributed by atoms with Gasteiger partial charge in [-0.05, 0) is 18.6 Å². The average Bonchev–Trinajstić information content (AvgIpc) is 2.26. The second-order valence-electron chi connectivity index (χ2n) is 3.49. The highest BCUT2D eigenvalue weighted by atomic mass is 31.2. The lowest BCUT2D eigenvalue weighted by Gasteiger charge is -2.21. The van der Waals surface area contributed by atoms with Gasteiger partial charge >= 0.3 is 7.67 Å². The van der Waals surface area contributed by atoms with Crippen LogP contribution in [0, 0.1) is 0 Å². The zero-order chi connectivity index (χ0) is 11.3. The molecule has 1 heterocycles. The van der Waals surface area contributed by atoms with Crippen LogP contribution in [0.4, 0.5) is 0 Å². The molecule has 0 aromatic heterocycles. The maximum atomic E-state index is 12.3. The summed E-state index contributed by atoms with van der Waals surface area (Å²) in [6, 6.07) is 9.18. The Morgan fingerprint density at radius 1 is 1.12 bits per heavy atom. The Kier molecular flexibility index (Phi) is 3.78. The van der Waals surface area contributed by atoms with Crippen molar-refractivity contribution in [3.63, 3.8) is 0 Å². The fourth-order valence-electron chi connectivity index (χ4n) is 1.42. The zero-order valence-corrected chi connectivity index (χ0v) is 9.82. The number of hydrogen-bond donors (Lipinski definition) is 2. The highest BCUT2D eigenvalue weighted by molar-refractivity contribution is 7.55. The first kappa shape index (κ1) is 11.4. The number of para-hydroxylation sites is 1. The lowest BCUT2D eigenvalue weighted by Crippen LogP contribution is -2.28. The average molecular weight is 238 g/mol. The molecule has 1 aliphatic rings. The molecule has 4 nitrogen and oxygen atoms in total. The van der Waals surface area contributed by atoms with E-state index in [-0.39, 0.29) is 0 Å². The Bertz CT molecular complexity index is 406. The van der Waals surface area contributed by atoms with E-state index in [4.69, 9.17) is 4.52 Å². The van der Waals surface area contributed by atoms with Crippen molar-refractivity contribution in [3.8, 4) is 5.75 Å². The van der Waals surface area contributed by atoms with Gasteiger partial charge in [0, 0.05) is 13.1 Å². The van der Waals surface area contributed by atoms with Gasteiger partial charge in [0.25, 0.3) is 0 Å². The monoisotopic (exact) mass is 238 g/mol. The molecule has 86 valence electrons. The summed E-state index contributed by atoms with van der Waals surface area (Å²) in [5.74, 6) is 0.607. The SMILES string of the molecule is O=P1(Oc2ccccc2)NC/C=C\CCN1. The van der Waals surface area contributed by atoms with E-state index in [2.05, 4.69) is 10.2 Å². The molecule has 1 aromatic rings. The van der Waals surface area contributed by atoms with Crippen LogP contribution in [0.25, 0.3) is 0 Å². The van der Waals surface area contributed by atoms with Gasteiger partial charge in [0.2, 0.25) is 0 Å². The molecule has 2 rings (SSSR count). The second kappa shape index (κ2) is 5.30. The van der Waals surface area contributed by atoms with Crippen LogP contribution in [0.3, 0.4) is 0 Å². The molecule has 5 heteroatoms. The molecular formula is C11H15N2O2P. The lowest BCUT2D eigenvalue weighted by atomic mass is 10.3. The molecular weight excluding hydrogens is 223 g/mol. The van der Waals surface area contributed by atoms with Gasteiger partial charge in [0.1, 0.15) is 5.75 Å². The molecule has 0 aliphatic carbocycles. The van der Waals surface area contributed by atoms with Gasteiger partial charge in [0.15, 0.2) is 0 Å². The highest BCUT2D eigenvalue weighted by Crippen LogP contribution is 2.38. The number of rotatable bonds is 2. The number of benzene rings is 1. The topological polar surface area (TPSA) is 50.4 Å². The Hall–Kier alpha value is -1.09. The van der Waals surface area contributed by atoms with Crippen LogP contribution < -0.4 is 14.7 Å². The largest absolute Gasteiger partial charge is 0.422 e. The van der Waals surface area contributed by atoms with Crippen molar-refractivity contribution in [3.05, 3.63) is 42.5 Å². The summed E-state index contributed by atoms with van der Waals surface area (Å²) in [7, 11) is -2.96. The Labute approximate surface area is 95.3 Å². The van der Waals surface area contributed by atoms with Crippen LogP contribution in [-0.2, 0) is 4.57 Å². The molecule has 1 aliphatic heterocycles. The smallest absolute Gasteiger partial charge is 0.390 e. The summed E-state index contributed by atoms with van der Waals surface area (Å²) in [6.45, 7) is 1.20. The standard InChI is InChI=1S/C11H15N2O2P/c14-16(12-9-5-2-6-10-13-16)15-11-7-3-1-4-8-11/h1-5,7-8H,6,9-10H2,(H2,12,13,14)/b5-2-. The van der Waals surface area contributed by atoms with Crippen molar-refractivity contribution < 1.29 is 9.09 Å². The first-order valence-corrected chi connectivity index (χ1v) is 6.91. The van der Waals surface area contributed by atoms with Crippen LogP contribution >= 0.6 is 7.67 Å². The molecule has 1 aromatic carbocycles. The summed E-state index contributed by atoms with van der Waals surface area (Å²) in [4.78, 5) is 0. The Balaban J connectivity index is 2.06. The van der Waals surface area contributed by atoms with E-state index < -0.39 is 7.67 Å². The number of nitrogens with one attached hydrogen (secondary N) is 2. The minimum Gasteiger partial charge on any atom is -0.422 e. The normalized spacial score (nSPS) is 27.8. The van der Waals surface area contributed by atoms with E-state index in [0.717, 1.165) is 6.42 Å². The summed E-state index contributed by atoms with van der Waals surface area (Å²) >= 11 is 0. The summed E-state index contributed by atoms with van der Waals surface area (Å²) in [5, 5.41) is 5.80. The van der Waals surface area contributed by atoms with Crippen molar-refractivity contribution in [2.75, 3.05) is 13.1 Å². The van der Waals surface area contributed by atoms with E-state index in [1.165, 1.54) is 0 Å². The predicted molar refractivity (Wildman–Crippen MR) is 64.4 cm³/mol. The summed E-state index contributed by atoms with van der Waals surface area (Å²) < 4.78 is 17.8. The molecule has 0 spiro atoms. The maximum absolute atomic E-state index is 12.3. The third-order valence-corrected chi connectivity index (χ3v) is 3.90. The third kappa shape index (κ3) is 3.20. The van der Waals surface area contributed by atoms with Crippen LogP contribution in [0.1, 0.15) is 6.42 Å². The lowest BCUT2D eigenvalue weighted by molar-refractivity contribution is 0.454. The van der Waals surface area contributed by atoms with E-state index in [9.17, 15) is 4.57 Å². The molecule has 0 fully saturated rings.